The first-order valence-corrected chi connectivity index (χ1v) is 4.94. The standard InChI is InChI=1S/C11H15NO3/c1-8(6-13-2)12-9-3-4-10-11(5-9)15-7-14-10/h3-5,8,12H,6-7H2,1-2H3/t8-/m0/s1. The molecule has 0 saturated carbocycles. The summed E-state index contributed by atoms with van der Waals surface area (Å²) in [4.78, 5) is 0. The van der Waals surface area contributed by atoms with E-state index in [1.165, 1.54) is 0 Å². The van der Waals surface area contributed by atoms with Gasteiger partial charge in [0.15, 0.2) is 11.5 Å². The van der Waals surface area contributed by atoms with Gasteiger partial charge in [0.2, 0.25) is 6.79 Å². The molecule has 1 N–H and O–H groups in total. The summed E-state index contributed by atoms with van der Waals surface area (Å²) < 4.78 is 15.6. The normalized spacial score (nSPS) is 15.1. The van der Waals surface area contributed by atoms with E-state index in [1.807, 2.05) is 18.2 Å². The van der Waals surface area contributed by atoms with Gasteiger partial charge in [0.1, 0.15) is 0 Å². The third kappa shape index (κ3) is 2.33. The highest BCUT2D eigenvalue weighted by atomic mass is 16.7. The zero-order chi connectivity index (χ0) is 10.7. The predicted octanol–water partition coefficient (Wildman–Crippen LogP) is 1.86. The first-order chi connectivity index (χ1) is 7.29. The summed E-state index contributed by atoms with van der Waals surface area (Å²) in [6.45, 7) is 3.05. The maximum atomic E-state index is 5.29. The van der Waals surface area contributed by atoms with E-state index >= 15 is 0 Å². The molecule has 0 spiro atoms. The summed E-state index contributed by atoms with van der Waals surface area (Å²) in [6, 6.07) is 6.09. The van der Waals surface area contributed by atoms with Gasteiger partial charge >= 0.3 is 0 Å². The minimum Gasteiger partial charge on any atom is -0.454 e. The van der Waals surface area contributed by atoms with Crippen LogP contribution >= 0.6 is 0 Å². The number of anilines is 1. The predicted molar refractivity (Wildman–Crippen MR) is 57.5 cm³/mol. The SMILES string of the molecule is COC[C@H](C)Nc1ccc2c(c1)OCO2. The molecule has 0 unspecified atom stereocenters. The molecule has 0 bridgehead atoms. The van der Waals surface area contributed by atoms with Crippen molar-refractivity contribution in [2.24, 2.45) is 0 Å². The topological polar surface area (TPSA) is 39.7 Å². The van der Waals surface area contributed by atoms with Crippen LogP contribution in [0.1, 0.15) is 6.92 Å². The first kappa shape index (κ1) is 10.1. The zero-order valence-electron chi connectivity index (χ0n) is 8.95. The number of nitrogens with one attached hydrogen (secondary N) is 1. The summed E-state index contributed by atoms with van der Waals surface area (Å²) in [5.74, 6) is 1.60. The van der Waals surface area contributed by atoms with Crippen LogP contribution in [0, 0.1) is 0 Å². The summed E-state index contributed by atoms with van der Waals surface area (Å²) in [7, 11) is 1.69. The molecule has 0 aliphatic carbocycles. The minimum atomic E-state index is 0.273. The zero-order valence-corrected chi connectivity index (χ0v) is 8.95. The molecule has 1 aliphatic rings. The molecule has 4 heteroatoms. The lowest BCUT2D eigenvalue weighted by Crippen LogP contribution is -2.20. The Kier molecular flexibility index (Phi) is 2.97. The number of fused-ring (bicyclic) bond motifs is 1. The number of benzene rings is 1. The van der Waals surface area contributed by atoms with E-state index < -0.39 is 0 Å². The summed E-state index contributed by atoms with van der Waals surface area (Å²) in [6.07, 6.45) is 0. The quantitative estimate of drug-likeness (QED) is 0.821. The molecule has 0 saturated heterocycles. The number of hydrogen-bond acceptors (Lipinski definition) is 4. The molecule has 1 aromatic rings. The third-order valence-electron chi connectivity index (χ3n) is 2.20. The second-order valence-corrected chi connectivity index (χ2v) is 3.57. The van der Waals surface area contributed by atoms with Gasteiger partial charge in [-0.15, -0.1) is 0 Å². The Bertz CT molecular complexity index is 341. The Morgan fingerprint density at radius 3 is 3.00 bits per heavy atom. The molecule has 82 valence electrons. The lowest BCUT2D eigenvalue weighted by molar-refractivity contribution is 0.174. The first-order valence-electron chi connectivity index (χ1n) is 4.94. The van der Waals surface area contributed by atoms with Crippen molar-refractivity contribution in [2.75, 3.05) is 25.8 Å². The van der Waals surface area contributed by atoms with Crippen LogP contribution in [0.25, 0.3) is 0 Å². The lowest BCUT2D eigenvalue weighted by atomic mass is 10.2. The van der Waals surface area contributed by atoms with Crippen molar-refractivity contribution < 1.29 is 14.2 Å². The molecule has 0 fully saturated rings. The summed E-state index contributed by atoms with van der Waals surface area (Å²) in [5.41, 5.74) is 1.02. The Morgan fingerprint density at radius 1 is 1.40 bits per heavy atom. The van der Waals surface area contributed by atoms with E-state index in [9.17, 15) is 0 Å². The van der Waals surface area contributed by atoms with Gasteiger partial charge in [-0.2, -0.15) is 0 Å². The van der Waals surface area contributed by atoms with Crippen molar-refractivity contribution in [3.63, 3.8) is 0 Å². The van der Waals surface area contributed by atoms with Crippen molar-refractivity contribution in [3.8, 4) is 11.5 Å². The van der Waals surface area contributed by atoms with Crippen LogP contribution in [0.15, 0.2) is 18.2 Å². The van der Waals surface area contributed by atoms with E-state index in [2.05, 4.69) is 12.2 Å². The molecule has 2 rings (SSSR count). The summed E-state index contributed by atoms with van der Waals surface area (Å²) in [5, 5.41) is 3.31. The molecule has 0 aromatic heterocycles. The van der Waals surface area contributed by atoms with E-state index in [0.717, 1.165) is 17.2 Å². The fourth-order valence-electron chi connectivity index (χ4n) is 1.56. The van der Waals surface area contributed by atoms with Gasteiger partial charge in [-0.1, -0.05) is 0 Å². The molecule has 1 heterocycles. The molecule has 4 nitrogen and oxygen atoms in total. The van der Waals surface area contributed by atoms with Gasteiger partial charge in [0.05, 0.1) is 6.61 Å². The number of hydrogen-bond donors (Lipinski definition) is 1. The van der Waals surface area contributed by atoms with Gasteiger partial charge in [0, 0.05) is 24.9 Å². The Morgan fingerprint density at radius 2 is 2.20 bits per heavy atom. The monoisotopic (exact) mass is 209 g/mol. The fourth-order valence-corrected chi connectivity index (χ4v) is 1.56. The van der Waals surface area contributed by atoms with Crippen LogP contribution in [-0.2, 0) is 4.74 Å². The second kappa shape index (κ2) is 4.40. The number of ether oxygens (including phenoxy) is 3. The maximum absolute atomic E-state index is 5.29. The van der Waals surface area contributed by atoms with Crippen LogP contribution in [0.4, 0.5) is 5.69 Å². The van der Waals surface area contributed by atoms with Crippen molar-refractivity contribution >= 4 is 5.69 Å². The van der Waals surface area contributed by atoms with Crippen LogP contribution in [0.2, 0.25) is 0 Å². The highest BCUT2D eigenvalue weighted by Crippen LogP contribution is 2.34. The summed E-state index contributed by atoms with van der Waals surface area (Å²) >= 11 is 0. The Balaban J connectivity index is 2.03. The lowest BCUT2D eigenvalue weighted by Gasteiger charge is -2.14. The Labute approximate surface area is 89.1 Å². The van der Waals surface area contributed by atoms with Crippen LogP contribution < -0.4 is 14.8 Å². The van der Waals surface area contributed by atoms with Crippen molar-refractivity contribution in [3.05, 3.63) is 18.2 Å². The van der Waals surface area contributed by atoms with Gasteiger partial charge in [-0.3, -0.25) is 0 Å². The van der Waals surface area contributed by atoms with Gasteiger partial charge in [0.25, 0.3) is 0 Å². The molecule has 0 radical (unpaired) electrons. The van der Waals surface area contributed by atoms with Crippen molar-refractivity contribution in [2.45, 2.75) is 13.0 Å². The van der Waals surface area contributed by atoms with Crippen molar-refractivity contribution in [1.29, 1.82) is 0 Å². The number of methoxy groups -OCH3 is 1. The molecule has 1 atom stereocenters. The minimum absolute atomic E-state index is 0.273. The molecular formula is C11H15NO3. The van der Waals surface area contributed by atoms with E-state index in [4.69, 9.17) is 14.2 Å². The fraction of sp³-hybridized carbons (Fsp3) is 0.455. The Hall–Kier alpha value is -1.42. The average molecular weight is 209 g/mol. The highest BCUT2D eigenvalue weighted by Gasteiger charge is 2.13. The second-order valence-electron chi connectivity index (χ2n) is 3.57. The van der Waals surface area contributed by atoms with E-state index in [1.54, 1.807) is 7.11 Å². The molecule has 0 amide bonds. The van der Waals surface area contributed by atoms with E-state index in [-0.39, 0.29) is 6.04 Å². The van der Waals surface area contributed by atoms with Crippen LogP contribution in [0.3, 0.4) is 0 Å². The van der Waals surface area contributed by atoms with Gasteiger partial charge < -0.3 is 19.5 Å². The number of rotatable bonds is 4. The van der Waals surface area contributed by atoms with Gasteiger partial charge in [-0.25, -0.2) is 0 Å². The van der Waals surface area contributed by atoms with E-state index in [0.29, 0.717) is 13.4 Å². The maximum Gasteiger partial charge on any atom is 0.231 e. The molecule has 15 heavy (non-hydrogen) atoms. The van der Waals surface area contributed by atoms with Gasteiger partial charge in [-0.05, 0) is 19.1 Å². The molecular weight excluding hydrogens is 194 g/mol. The largest absolute Gasteiger partial charge is 0.454 e. The average Bonchev–Trinajstić information content (AvgIpc) is 2.65. The van der Waals surface area contributed by atoms with Crippen molar-refractivity contribution in [1.82, 2.24) is 0 Å². The molecule has 1 aromatic carbocycles. The third-order valence-corrected chi connectivity index (χ3v) is 2.20. The van der Waals surface area contributed by atoms with Crippen LogP contribution in [0.5, 0.6) is 11.5 Å². The smallest absolute Gasteiger partial charge is 0.231 e. The van der Waals surface area contributed by atoms with Crippen LogP contribution in [-0.4, -0.2) is 26.6 Å². The highest BCUT2D eigenvalue weighted by molar-refractivity contribution is 5.55. The molecule has 1 aliphatic heterocycles.